The molecule has 0 atom stereocenters. The minimum absolute atomic E-state index is 0.0631. The molecular formula is C11H13N3O2. The van der Waals surface area contributed by atoms with Gasteiger partial charge in [0.1, 0.15) is 5.65 Å². The zero-order chi connectivity index (χ0) is 11.7. The molecule has 0 aliphatic heterocycles. The molecule has 5 nitrogen and oxygen atoms in total. The summed E-state index contributed by atoms with van der Waals surface area (Å²) in [6.45, 7) is 5.96. The van der Waals surface area contributed by atoms with E-state index in [1.54, 1.807) is 13.0 Å². The predicted octanol–water partition coefficient (Wildman–Crippen LogP) is 1.33. The van der Waals surface area contributed by atoms with Crippen molar-refractivity contribution < 1.29 is 4.74 Å². The van der Waals surface area contributed by atoms with Gasteiger partial charge in [-0.1, -0.05) is 0 Å². The van der Waals surface area contributed by atoms with E-state index in [0.717, 1.165) is 5.69 Å². The zero-order valence-electron chi connectivity index (χ0n) is 9.50. The molecule has 0 aromatic carbocycles. The Labute approximate surface area is 92.5 Å². The molecule has 0 aliphatic rings. The first-order valence-corrected chi connectivity index (χ1v) is 5.13. The van der Waals surface area contributed by atoms with E-state index in [4.69, 9.17) is 4.74 Å². The van der Waals surface area contributed by atoms with Crippen LogP contribution in [-0.2, 0) is 0 Å². The number of hydrogen-bond donors (Lipinski definition) is 1. The van der Waals surface area contributed by atoms with E-state index < -0.39 is 0 Å². The summed E-state index contributed by atoms with van der Waals surface area (Å²) in [6.07, 6.45) is 0. The molecule has 0 radical (unpaired) electrons. The summed E-state index contributed by atoms with van der Waals surface area (Å²) in [6, 6.07) is 1.84. The molecule has 2 aromatic heterocycles. The molecule has 5 heteroatoms. The number of aromatic amines is 1. The number of H-pyrrole nitrogens is 1. The van der Waals surface area contributed by atoms with Gasteiger partial charge in [0.05, 0.1) is 17.7 Å². The van der Waals surface area contributed by atoms with Crippen LogP contribution in [0.5, 0.6) is 6.01 Å². The van der Waals surface area contributed by atoms with E-state index in [1.807, 2.05) is 13.8 Å². The Morgan fingerprint density at radius 1 is 1.38 bits per heavy atom. The summed E-state index contributed by atoms with van der Waals surface area (Å²) in [5, 5.41) is 0.522. The fraction of sp³-hybridized carbons (Fsp3) is 0.364. The third-order valence-corrected chi connectivity index (χ3v) is 2.25. The van der Waals surface area contributed by atoms with Crippen LogP contribution in [0.4, 0.5) is 0 Å². The number of hydrogen-bond acceptors (Lipinski definition) is 4. The molecule has 1 N–H and O–H groups in total. The molecule has 2 rings (SSSR count). The molecule has 84 valence electrons. The Morgan fingerprint density at radius 3 is 2.81 bits per heavy atom. The van der Waals surface area contributed by atoms with Crippen molar-refractivity contribution in [2.45, 2.75) is 20.8 Å². The maximum absolute atomic E-state index is 11.7. The minimum Gasteiger partial charge on any atom is -0.464 e. The zero-order valence-corrected chi connectivity index (χ0v) is 9.50. The minimum atomic E-state index is -0.0631. The van der Waals surface area contributed by atoms with Gasteiger partial charge in [-0.3, -0.25) is 4.79 Å². The van der Waals surface area contributed by atoms with Crippen LogP contribution in [0.25, 0.3) is 11.0 Å². The molecular weight excluding hydrogens is 206 g/mol. The van der Waals surface area contributed by atoms with Gasteiger partial charge in [0.2, 0.25) is 0 Å². The molecule has 2 heterocycles. The van der Waals surface area contributed by atoms with Crippen molar-refractivity contribution in [3.8, 4) is 6.01 Å². The van der Waals surface area contributed by atoms with Crippen LogP contribution in [0, 0.1) is 13.8 Å². The third kappa shape index (κ3) is 1.76. The van der Waals surface area contributed by atoms with E-state index in [0.29, 0.717) is 29.3 Å². The second-order valence-corrected chi connectivity index (χ2v) is 3.56. The highest BCUT2D eigenvalue weighted by Gasteiger charge is 2.08. The third-order valence-electron chi connectivity index (χ3n) is 2.25. The standard InChI is InChI=1S/C11H13N3O2/c1-4-16-11-13-7(3)9-8(15)5-6(2)12-10(9)14-11/h5H,4H2,1-3H3,(H,12,13,14,15). The van der Waals surface area contributed by atoms with Gasteiger partial charge in [-0.25, -0.2) is 0 Å². The number of fused-ring (bicyclic) bond motifs is 1. The smallest absolute Gasteiger partial charge is 0.318 e. The number of rotatable bonds is 2. The van der Waals surface area contributed by atoms with Crippen molar-refractivity contribution >= 4 is 11.0 Å². The van der Waals surface area contributed by atoms with Crippen molar-refractivity contribution in [2.24, 2.45) is 0 Å². The summed E-state index contributed by atoms with van der Waals surface area (Å²) in [5.41, 5.74) is 1.88. The second kappa shape index (κ2) is 3.92. The van der Waals surface area contributed by atoms with Crippen LogP contribution in [0.15, 0.2) is 10.9 Å². The SMILES string of the molecule is CCOc1nc(C)c2c(=O)cc(C)[nH]c2n1. The van der Waals surface area contributed by atoms with Gasteiger partial charge in [-0.05, 0) is 20.8 Å². The molecule has 0 unspecified atom stereocenters. The van der Waals surface area contributed by atoms with E-state index >= 15 is 0 Å². The lowest BCUT2D eigenvalue weighted by Gasteiger charge is -2.05. The lowest BCUT2D eigenvalue weighted by atomic mass is 10.2. The average Bonchev–Trinajstić information content (AvgIpc) is 2.15. The molecule has 0 fully saturated rings. The first-order valence-electron chi connectivity index (χ1n) is 5.13. The molecule has 0 saturated carbocycles. The lowest BCUT2D eigenvalue weighted by Crippen LogP contribution is -2.09. The summed E-state index contributed by atoms with van der Waals surface area (Å²) >= 11 is 0. The van der Waals surface area contributed by atoms with Crippen LogP contribution in [0.3, 0.4) is 0 Å². The number of aryl methyl sites for hydroxylation is 2. The number of nitrogens with zero attached hydrogens (tertiary/aromatic N) is 2. The van der Waals surface area contributed by atoms with Gasteiger partial charge < -0.3 is 9.72 Å². The van der Waals surface area contributed by atoms with Crippen LogP contribution in [0.1, 0.15) is 18.3 Å². The highest BCUT2D eigenvalue weighted by Crippen LogP contribution is 2.13. The average molecular weight is 219 g/mol. The van der Waals surface area contributed by atoms with Crippen molar-refractivity contribution in [3.05, 3.63) is 27.7 Å². The second-order valence-electron chi connectivity index (χ2n) is 3.56. The molecule has 0 saturated heterocycles. The van der Waals surface area contributed by atoms with Crippen molar-refractivity contribution in [1.29, 1.82) is 0 Å². The highest BCUT2D eigenvalue weighted by atomic mass is 16.5. The van der Waals surface area contributed by atoms with Gasteiger partial charge in [0.25, 0.3) is 0 Å². The summed E-state index contributed by atoms with van der Waals surface area (Å²) < 4.78 is 5.23. The number of aromatic nitrogens is 3. The number of ether oxygens (including phenoxy) is 1. The maximum atomic E-state index is 11.7. The highest BCUT2D eigenvalue weighted by molar-refractivity contribution is 5.77. The maximum Gasteiger partial charge on any atom is 0.318 e. The number of pyridine rings is 1. The van der Waals surface area contributed by atoms with Crippen molar-refractivity contribution in [3.63, 3.8) is 0 Å². The summed E-state index contributed by atoms with van der Waals surface area (Å²) in [5.74, 6) is 0. The molecule has 0 amide bonds. The molecule has 0 spiro atoms. The molecule has 0 aliphatic carbocycles. The Balaban J connectivity index is 2.76. The number of nitrogens with one attached hydrogen (secondary N) is 1. The van der Waals surface area contributed by atoms with Crippen LogP contribution >= 0.6 is 0 Å². The largest absolute Gasteiger partial charge is 0.464 e. The van der Waals surface area contributed by atoms with Crippen LogP contribution < -0.4 is 10.2 Å². The molecule has 0 bridgehead atoms. The Morgan fingerprint density at radius 2 is 2.12 bits per heavy atom. The lowest BCUT2D eigenvalue weighted by molar-refractivity contribution is 0.313. The van der Waals surface area contributed by atoms with Crippen molar-refractivity contribution in [2.75, 3.05) is 6.61 Å². The fourth-order valence-corrected chi connectivity index (χ4v) is 1.62. The molecule has 2 aromatic rings. The molecule has 16 heavy (non-hydrogen) atoms. The Hall–Kier alpha value is -1.91. The monoisotopic (exact) mass is 219 g/mol. The quantitative estimate of drug-likeness (QED) is 0.827. The fourth-order valence-electron chi connectivity index (χ4n) is 1.62. The van der Waals surface area contributed by atoms with Gasteiger partial charge in [-0.2, -0.15) is 9.97 Å². The van der Waals surface area contributed by atoms with E-state index in [1.165, 1.54) is 0 Å². The predicted molar refractivity (Wildman–Crippen MR) is 60.8 cm³/mol. The van der Waals surface area contributed by atoms with Gasteiger partial charge in [0.15, 0.2) is 5.43 Å². The van der Waals surface area contributed by atoms with E-state index in [9.17, 15) is 4.79 Å². The van der Waals surface area contributed by atoms with Crippen LogP contribution in [-0.4, -0.2) is 21.6 Å². The topological polar surface area (TPSA) is 67.9 Å². The van der Waals surface area contributed by atoms with Gasteiger partial charge in [-0.15, -0.1) is 0 Å². The summed E-state index contributed by atoms with van der Waals surface area (Å²) in [4.78, 5) is 23.1. The van der Waals surface area contributed by atoms with Gasteiger partial charge in [0, 0.05) is 11.8 Å². The van der Waals surface area contributed by atoms with Gasteiger partial charge >= 0.3 is 6.01 Å². The van der Waals surface area contributed by atoms with E-state index in [-0.39, 0.29) is 5.43 Å². The Bertz CT molecular complexity index is 590. The first kappa shape index (κ1) is 10.6. The summed E-state index contributed by atoms with van der Waals surface area (Å²) in [7, 11) is 0. The van der Waals surface area contributed by atoms with Crippen molar-refractivity contribution in [1.82, 2.24) is 15.0 Å². The first-order chi connectivity index (χ1) is 7.61. The normalized spacial score (nSPS) is 10.7. The van der Waals surface area contributed by atoms with Crippen LogP contribution in [0.2, 0.25) is 0 Å². The Kier molecular flexibility index (Phi) is 2.60. The van der Waals surface area contributed by atoms with E-state index in [2.05, 4.69) is 15.0 Å².